The van der Waals surface area contributed by atoms with Crippen molar-refractivity contribution in [3.8, 4) is 17.5 Å². The molecule has 0 N–H and O–H groups in total. The van der Waals surface area contributed by atoms with E-state index in [1.807, 2.05) is 23.7 Å². The van der Waals surface area contributed by atoms with E-state index in [-0.39, 0.29) is 6.04 Å². The van der Waals surface area contributed by atoms with Crippen LogP contribution in [0.5, 0.6) is 0 Å². The van der Waals surface area contributed by atoms with Gasteiger partial charge in [-0.05, 0) is 30.9 Å². The van der Waals surface area contributed by atoms with Crippen molar-refractivity contribution in [3.05, 3.63) is 52.3 Å². The number of piperidine rings is 1. The number of hydrogen-bond acceptors (Lipinski definition) is 7. The number of nitriles is 1. The van der Waals surface area contributed by atoms with Crippen molar-refractivity contribution >= 4 is 11.3 Å². The van der Waals surface area contributed by atoms with E-state index in [1.165, 1.54) is 0 Å². The Hall–Kier alpha value is -2.56. The molecule has 0 unspecified atom stereocenters. The summed E-state index contributed by atoms with van der Waals surface area (Å²) in [4.78, 5) is 11.4. The maximum Gasteiger partial charge on any atom is 0.244 e. The summed E-state index contributed by atoms with van der Waals surface area (Å²) in [5, 5.41) is 16.3. The largest absolute Gasteiger partial charge is 0.337 e. The molecule has 7 heteroatoms. The molecule has 132 valence electrons. The van der Waals surface area contributed by atoms with Crippen LogP contribution in [-0.4, -0.2) is 26.6 Å². The van der Waals surface area contributed by atoms with Crippen molar-refractivity contribution in [2.45, 2.75) is 32.4 Å². The average Bonchev–Trinajstić information content (AvgIpc) is 3.34. The van der Waals surface area contributed by atoms with Crippen molar-refractivity contribution in [2.24, 2.45) is 5.92 Å². The average molecular weight is 365 g/mol. The predicted octanol–water partition coefficient (Wildman–Crippen LogP) is 4.04. The summed E-state index contributed by atoms with van der Waals surface area (Å²) < 4.78 is 5.61. The Kier molecular flexibility index (Phi) is 4.78. The number of rotatable bonds is 4. The van der Waals surface area contributed by atoms with Crippen LogP contribution >= 0.6 is 11.3 Å². The van der Waals surface area contributed by atoms with Gasteiger partial charge >= 0.3 is 0 Å². The third-order valence-corrected chi connectivity index (χ3v) is 5.48. The fraction of sp³-hybridized carbons (Fsp3) is 0.368. The molecule has 0 amide bonds. The molecule has 1 aliphatic rings. The Morgan fingerprint density at radius 3 is 3.12 bits per heavy atom. The van der Waals surface area contributed by atoms with E-state index < -0.39 is 0 Å². The van der Waals surface area contributed by atoms with E-state index >= 15 is 0 Å². The van der Waals surface area contributed by atoms with Crippen LogP contribution in [0.4, 0.5) is 0 Å². The first-order chi connectivity index (χ1) is 12.7. The van der Waals surface area contributed by atoms with Crippen LogP contribution in [0.25, 0.3) is 11.4 Å². The second-order valence-electron chi connectivity index (χ2n) is 6.70. The van der Waals surface area contributed by atoms with Gasteiger partial charge in [-0.2, -0.15) is 10.2 Å². The monoisotopic (exact) mass is 365 g/mol. The lowest BCUT2D eigenvalue weighted by atomic mass is 9.94. The number of nitrogens with zero attached hydrogens (tertiary/aromatic N) is 5. The van der Waals surface area contributed by atoms with E-state index in [0.717, 1.165) is 36.5 Å². The van der Waals surface area contributed by atoms with E-state index in [2.05, 4.69) is 33.0 Å². The highest BCUT2D eigenvalue weighted by molar-refractivity contribution is 7.09. The predicted molar refractivity (Wildman–Crippen MR) is 98.1 cm³/mol. The van der Waals surface area contributed by atoms with Gasteiger partial charge in [0.1, 0.15) is 5.01 Å². The van der Waals surface area contributed by atoms with Crippen molar-refractivity contribution in [2.75, 3.05) is 6.54 Å². The molecule has 2 aromatic heterocycles. The van der Waals surface area contributed by atoms with Gasteiger partial charge in [-0.3, -0.25) is 4.90 Å². The molecule has 1 aliphatic heterocycles. The van der Waals surface area contributed by atoms with Gasteiger partial charge in [0, 0.05) is 23.7 Å². The molecule has 1 fully saturated rings. The van der Waals surface area contributed by atoms with Crippen molar-refractivity contribution < 1.29 is 4.52 Å². The van der Waals surface area contributed by atoms with Crippen LogP contribution < -0.4 is 0 Å². The molecule has 2 atom stereocenters. The molecule has 3 heterocycles. The Morgan fingerprint density at radius 1 is 1.38 bits per heavy atom. The molecule has 3 aromatic rings. The van der Waals surface area contributed by atoms with Gasteiger partial charge in [-0.25, -0.2) is 4.98 Å². The van der Waals surface area contributed by atoms with Crippen LogP contribution in [0.15, 0.2) is 40.4 Å². The Morgan fingerprint density at radius 2 is 2.31 bits per heavy atom. The normalized spacial score (nSPS) is 20.8. The summed E-state index contributed by atoms with van der Waals surface area (Å²) in [6.45, 7) is 4.07. The lowest BCUT2D eigenvalue weighted by molar-refractivity contribution is 0.0828. The van der Waals surface area contributed by atoms with E-state index in [4.69, 9.17) is 9.78 Å². The standard InChI is InChI=1S/C19H19N5OS/c1-13-5-6-16(24(11-13)12-17-21-7-8-26-17)19-22-18(23-25-19)15-4-2-3-14(9-15)10-20/h2-4,7-9,13,16H,5-6,11-12H2,1H3/t13-,16-/m1/s1. The van der Waals surface area contributed by atoms with Gasteiger partial charge in [0.05, 0.1) is 24.2 Å². The van der Waals surface area contributed by atoms with Gasteiger partial charge < -0.3 is 4.52 Å². The summed E-state index contributed by atoms with van der Waals surface area (Å²) >= 11 is 1.67. The zero-order valence-electron chi connectivity index (χ0n) is 14.5. The minimum atomic E-state index is 0.107. The van der Waals surface area contributed by atoms with Crippen LogP contribution in [0.2, 0.25) is 0 Å². The number of thiazole rings is 1. The van der Waals surface area contributed by atoms with E-state index in [9.17, 15) is 0 Å². The summed E-state index contributed by atoms with van der Waals surface area (Å²) in [5.74, 6) is 1.82. The first-order valence-corrected chi connectivity index (χ1v) is 9.57. The topological polar surface area (TPSA) is 78.8 Å². The van der Waals surface area contributed by atoms with Gasteiger partial charge in [0.15, 0.2) is 0 Å². The molecule has 4 rings (SSSR count). The highest BCUT2D eigenvalue weighted by atomic mass is 32.1. The third-order valence-electron chi connectivity index (χ3n) is 4.72. The van der Waals surface area contributed by atoms with Crippen LogP contribution in [0.1, 0.15) is 42.3 Å². The Labute approximate surface area is 156 Å². The molecule has 0 saturated carbocycles. The van der Waals surface area contributed by atoms with Gasteiger partial charge in [0.25, 0.3) is 0 Å². The second kappa shape index (κ2) is 7.36. The fourth-order valence-electron chi connectivity index (χ4n) is 3.42. The minimum absolute atomic E-state index is 0.107. The fourth-order valence-corrected chi connectivity index (χ4v) is 4.06. The molecule has 0 bridgehead atoms. The lowest BCUT2D eigenvalue weighted by Gasteiger charge is -2.36. The highest BCUT2D eigenvalue weighted by Crippen LogP contribution is 2.34. The number of likely N-dealkylation sites (tertiary alicyclic amines) is 1. The molecule has 1 aromatic carbocycles. The summed E-state index contributed by atoms with van der Waals surface area (Å²) in [5.41, 5.74) is 1.39. The molecule has 6 nitrogen and oxygen atoms in total. The first kappa shape index (κ1) is 16.9. The zero-order valence-corrected chi connectivity index (χ0v) is 15.3. The van der Waals surface area contributed by atoms with Gasteiger partial charge in [0.2, 0.25) is 11.7 Å². The molecular weight excluding hydrogens is 346 g/mol. The maximum absolute atomic E-state index is 9.07. The van der Waals surface area contributed by atoms with Gasteiger partial charge in [-0.1, -0.05) is 24.2 Å². The zero-order chi connectivity index (χ0) is 17.9. The number of hydrogen-bond donors (Lipinski definition) is 0. The van der Waals surface area contributed by atoms with Crippen LogP contribution in [0, 0.1) is 17.2 Å². The molecule has 26 heavy (non-hydrogen) atoms. The summed E-state index contributed by atoms with van der Waals surface area (Å²) in [6.07, 6.45) is 3.97. The Balaban J connectivity index is 1.59. The van der Waals surface area contributed by atoms with Gasteiger partial charge in [-0.15, -0.1) is 11.3 Å². The second-order valence-corrected chi connectivity index (χ2v) is 7.68. The van der Waals surface area contributed by atoms with Crippen molar-refractivity contribution in [1.82, 2.24) is 20.0 Å². The smallest absolute Gasteiger partial charge is 0.244 e. The van der Waals surface area contributed by atoms with Crippen molar-refractivity contribution in [1.29, 1.82) is 5.26 Å². The summed E-state index contributed by atoms with van der Waals surface area (Å²) in [7, 11) is 0. The summed E-state index contributed by atoms with van der Waals surface area (Å²) in [6, 6.07) is 9.53. The third kappa shape index (κ3) is 3.52. The Bertz CT molecular complexity index is 914. The molecular formula is C19H19N5OS. The SMILES string of the molecule is C[C@@H]1CC[C@H](c2nc(-c3cccc(C#N)c3)no2)N(Cc2nccs2)C1. The number of aromatic nitrogens is 3. The quantitative estimate of drug-likeness (QED) is 0.694. The minimum Gasteiger partial charge on any atom is -0.337 e. The first-order valence-electron chi connectivity index (χ1n) is 8.69. The van der Waals surface area contributed by atoms with Crippen LogP contribution in [-0.2, 0) is 6.54 Å². The number of benzene rings is 1. The van der Waals surface area contributed by atoms with E-state index in [1.54, 1.807) is 23.5 Å². The maximum atomic E-state index is 9.07. The molecule has 0 aliphatic carbocycles. The molecule has 1 saturated heterocycles. The van der Waals surface area contributed by atoms with E-state index in [0.29, 0.717) is 23.2 Å². The molecule has 0 radical (unpaired) electrons. The molecule has 0 spiro atoms. The van der Waals surface area contributed by atoms with Crippen molar-refractivity contribution in [3.63, 3.8) is 0 Å². The highest BCUT2D eigenvalue weighted by Gasteiger charge is 2.32. The van der Waals surface area contributed by atoms with Crippen LogP contribution in [0.3, 0.4) is 0 Å². The lowest BCUT2D eigenvalue weighted by Crippen LogP contribution is -2.37.